The molecule has 1 aromatic rings. The first-order valence-corrected chi connectivity index (χ1v) is 9.61. The summed E-state index contributed by atoms with van der Waals surface area (Å²) in [7, 11) is 0. The van der Waals surface area contributed by atoms with Crippen LogP contribution >= 0.6 is 0 Å². The zero-order valence-corrected chi connectivity index (χ0v) is 15.1. The molecule has 6 nitrogen and oxygen atoms in total. The molecule has 2 N–H and O–H groups in total. The van der Waals surface area contributed by atoms with Gasteiger partial charge in [0.2, 0.25) is 0 Å². The summed E-state index contributed by atoms with van der Waals surface area (Å²) in [6.07, 6.45) is 5.06. The Labute approximate surface area is 154 Å². The van der Waals surface area contributed by atoms with E-state index in [1.54, 1.807) is 0 Å². The van der Waals surface area contributed by atoms with Crippen molar-refractivity contribution in [2.75, 3.05) is 6.54 Å². The molecule has 2 atom stereocenters. The molecule has 1 aliphatic carbocycles. The van der Waals surface area contributed by atoms with Gasteiger partial charge < -0.3 is 20.1 Å². The fourth-order valence-corrected chi connectivity index (χ4v) is 3.86. The normalized spacial score (nSPS) is 22.0. The van der Waals surface area contributed by atoms with Crippen LogP contribution in [0.15, 0.2) is 30.3 Å². The largest absolute Gasteiger partial charge is 0.445 e. The highest BCUT2D eigenvalue weighted by molar-refractivity contribution is 5.82. The number of aliphatic hydroxyl groups is 1. The first-order chi connectivity index (χ1) is 12.6. The van der Waals surface area contributed by atoms with Gasteiger partial charge in [-0.3, -0.25) is 4.79 Å². The summed E-state index contributed by atoms with van der Waals surface area (Å²) in [6, 6.07) is 9.10. The molecule has 3 rings (SSSR count). The molecule has 2 aliphatic rings. The van der Waals surface area contributed by atoms with Gasteiger partial charge in [-0.25, -0.2) is 4.79 Å². The molecule has 1 saturated heterocycles. The van der Waals surface area contributed by atoms with Gasteiger partial charge in [0.15, 0.2) is 6.10 Å². The predicted octanol–water partition coefficient (Wildman–Crippen LogP) is 2.60. The number of likely N-dealkylation sites (tertiary alicyclic amines) is 1. The van der Waals surface area contributed by atoms with E-state index in [4.69, 9.17) is 4.74 Å². The molecule has 1 aromatic carbocycles. The van der Waals surface area contributed by atoms with Crippen LogP contribution in [0.4, 0.5) is 4.79 Å². The summed E-state index contributed by atoms with van der Waals surface area (Å²) >= 11 is 0. The summed E-state index contributed by atoms with van der Waals surface area (Å²) < 4.78 is 5.37. The number of amides is 2. The number of hydrogen-bond acceptors (Lipinski definition) is 4. The van der Waals surface area contributed by atoms with Gasteiger partial charge in [-0.05, 0) is 31.2 Å². The Morgan fingerprint density at radius 1 is 1.12 bits per heavy atom. The van der Waals surface area contributed by atoms with Crippen molar-refractivity contribution in [2.24, 2.45) is 0 Å². The maximum atomic E-state index is 12.4. The minimum absolute atomic E-state index is 0.144. The molecule has 1 unspecified atom stereocenters. The minimum Gasteiger partial charge on any atom is -0.445 e. The van der Waals surface area contributed by atoms with Crippen LogP contribution in [0, 0.1) is 0 Å². The molecule has 0 bridgehead atoms. The molecule has 26 heavy (non-hydrogen) atoms. The number of nitrogens with one attached hydrogen (secondary N) is 1. The van der Waals surface area contributed by atoms with Crippen LogP contribution in [0.3, 0.4) is 0 Å². The smallest absolute Gasteiger partial charge is 0.410 e. The van der Waals surface area contributed by atoms with Crippen LogP contribution in [0.1, 0.15) is 50.5 Å². The van der Waals surface area contributed by atoms with Crippen molar-refractivity contribution >= 4 is 12.0 Å². The molecular formula is C20H28N2O4. The molecule has 1 heterocycles. The van der Waals surface area contributed by atoms with Crippen molar-refractivity contribution in [3.63, 3.8) is 0 Å². The molecule has 142 valence electrons. The van der Waals surface area contributed by atoms with Gasteiger partial charge in [-0.2, -0.15) is 0 Å². The van der Waals surface area contributed by atoms with Crippen molar-refractivity contribution in [3.05, 3.63) is 35.9 Å². The molecular weight excluding hydrogens is 332 g/mol. The van der Waals surface area contributed by atoms with E-state index in [-0.39, 0.29) is 18.6 Å². The quantitative estimate of drug-likeness (QED) is 0.846. The molecule has 1 aliphatic heterocycles. The summed E-state index contributed by atoms with van der Waals surface area (Å²) in [5, 5.41) is 13.4. The summed E-state index contributed by atoms with van der Waals surface area (Å²) in [5.74, 6) is -0.371. The van der Waals surface area contributed by atoms with E-state index in [2.05, 4.69) is 5.32 Å². The lowest BCUT2D eigenvalue weighted by Gasteiger charge is -2.29. The fraction of sp³-hybridized carbons (Fsp3) is 0.600. The van der Waals surface area contributed by atoms with E-state index in [1.807, 2.05) is 30.3 Å². The van der Waals surface area contributed by atoms with Crippen molar-refractivity contribution in [3.8, 4) is 0 Å². The number of nitrogens with zero attached hydrogens (tertiary/aromatic N) is 1. The number of rotatable bonds is 5. The van der Waals surface area contributed by atoms with Crippen LogP contribution in [-0.4, -0.2) is 46.7 Å². The third-order valence-corrected chi connectivity index (χ3v) is 5.32. The number of aliphatic hydroxyl groups excluding tert-OH is 1. The lowest BCUT2D eigenvalue weighted by molar-refractivity contribution is -0.133. The molecule has 2 amide bonds. The van der Waals surface area contributed by atoms with Gasteiger partial charge in [0.1, 0.15) is 6.61 Å². The van der Waals surface area contributed by atoms with E-state index >= 15 is 0 Å². The van der Waals surface area contributed by atoms with E-state index in [1.165, 1.54) is 11.3 Å². The van der Waals surface area contributed by atoms with Crippen LogP contribution in [0.25, 0.3) is 0 Å². The van der Waals surface area contributed by atoms with E-state index in [0.29, 0.717) is 13.0 Å². The third-order valence-electron chi connectivity index (χ3n) is 5.32. The van der Waals surface area contributed by atoms with Crippen LogP contribution in [0.5, 0.6) is 0 Å². The number of carbonyl (C=O) groups is 2. The fourth-order valence-electron chi connectivity index (χ4n) is 3.86. The molecule has 0 spiro atoms. The van der Waals surface area contributed by atoms with Gasteiger partial charge in [-0.15, -0.1) is 0 Å². The van der Waals surface area contributed by atoms with Gasteiger partial charge in [0.25, 0.3) is 5.91 Å². The van der Waals surface area contributed by atoms with Crippen molar-refractivity contribution in [1.29, 1.82) is 0 Å². The van der Waals surface area contributed by atoms with Crippen LogP contribution in [0.2, 0.25) is 0 Å². The third kappa shape index (κ3) is 4.75. The Kier molecular flexibility index (Phi) is 6.50. The lowest BCUT2D eigenvalue weighted by Crippen LogP contribution is -2.52. The second-order valence-electron chi connectivity index (χ2n) is 7.23. The molecule has 0 aromatic heterocycles. The zero-order chi connectivity index (χ0) is 18.4. The average Bonchev–Trinajstić information content (AvgIpc) is 3.17. The highest BCUT2D eigenvalue weighted by atomic mass is 16.6. The van der Waals surface area contributed by atoms with Crippen molar-refractivity contribution in [1.82, 2.24) is 10.2 Å². The average molecular weight is 360 g/mol. The Balaban J connectivity index is 1.52. The zero-order valence-electron chi connectivity index (χ0n) is 15.1. The van der Waals surface area contributed by atoms with Gasteiger partial charge in [-0.1, -0.05) is 49.6 Å². The molecule has 1 saturated carbocycles. The van der Waals surface area contributed by atoms with E-state index in [0.717, 1.165) is 37.7 Å². The highest BCUT2D eigenvalue weighted by Crippen LogP contribution is 2.23. The SMILES string of the molecule is O=C(NC1CCCCC1)C(O)[C@@H]1CCCN1C(=O)OCc1ccccc1. The topological polar surface area (TPSA) is 78.9 Å². The predicted molar refractivity (Wildman–Crippen MR) is 97.4 cm³/mol. The lowest BCUT2D eigenvalue weighted by atomic mass is 9.95. The molecule has 6 heteroatoms. The van der Waals surface area contributed by atoms with Crippen molar-refractivity contribution in [2.45, 2.75) is 69.7 Å². The molecule has 0 radical (unpaired) electrons. The number of ether oxygens (including phenoxy) is 1. The Hall–Kier alpha value is -2.08. The first kappa shape index (κ1) is 18.7. The first-order valence-electron chi connectivity index (χ1n) is 9.61. The summed E-state index contributed by atoms with van der Waals surface area (Å²) in [5.41, 5.74) is 0.909. The van der Waals surface area contributed by atoms with Crippen LogP contribution < -0.4 is 5.32 Å². The summed E-state index contributed by atoms with van der Waals surface area (Å²) in [6.45, 7) is 0.694. The van der Waals surface area contributed by atoms with Gasteiger partial charge >= 0.3 is 6.09 Å². The minimum atomic E-state index is -1.20. The second-order valence-corrected chi connectivity index (χ2v) is 7.23. The van der Waals surface area contributed by atoms with Crippen LogP contribution in [-0.2, 0) is 16.1 Å². The second kappa shape index (κ2) is 9.03. The number of carbonyl (C=O) groups excluding carboxylic acids is 2. The van der Waals surface area contributed by atoms with Gasteiger partial charge in [0, 0.05) is 12.6 Å². The maximum absolute atomic E-state index is 12.4. The Morgan fingerprint density at radius 2 is 1.85 bits per heavy atom. The number of benzene rings is 1. The number of hydrogen-bond donors (Lipinski definition) is 2. The monoisotopic (exact) mass is 360 g/mol. The molecule has 2 fully saturated rings. The van der Waals surface area contributed by atoms with E-state index in [9.17, 15) is 14.7 Å². The standard InChI is InChI=1S/C20H28N2O4/c23-18(19(24)21-16-10-5-2-6-11-16)17-12-7-13-22(17)20(25)26-14-15-8-3-1-4-9-15/h1,3-4,8-9,16-18,23H,2,5-7,10-14H2,(H,21,24)/t17-,18?/m0/s1. The highest BCUT2D eigenvalue weighted by Gasteiger charge is 2.38. The Bertz CT molecular complexity index is 601. The Morgan fingerprint density at radius 3 is 2.58 bits per heavy atom. The maximum Gasteiger partial charge on any atom is 0.410 e. The van der Waals surface area contributed by atoms with Gasteiger partial charge in [0.05, 0.1) is 6.04 Å². The van der Waals surface area contributed by atoms with E-state index < -0.39 is 18.2 Å². The summed E-state index contributed by atoms with van der Waals surface area (Å²) in [4.78, 5) is 26.3. The van der Waals surface area contributed by atoms with Crippen molar-refractivity contribution < 1.29 is 19.4 Å².